The van der Waals surface area contributed by atoms with Crippen molar-refractivity contribution in [2.24, 2.45) is 5.84 Å². The van der Waals surface area contributed by atoms with Crippen molar-refractivity contribution in [3.05, 3.63) is 33.0 Å². The van der Waals surface area contributed by atoms with Crippen LogP contribution in [-0.2, 0) is 9.63 Å². The molecule has 0 bridgehead atoms. The Hall–Kier alpha value is -1.16. The van der Waals surface area contributed by atoms with Gasteiger partial charge in [-0.3, -0.25) is 9.78 Å². The predicted octanol–water partition coefficient (Wildman–Crippen LogP) is 2.18. The van der Waals surface area contributed by atoms with Gasteiger partial charge in [-0.15, -0.1) is 0 Å². The highest BCUT2D eigenvalue weighted by Crippen LogP contribution is 2.34. The largest absolute Gasteiger partial charge is 0.490 e. The monoisotopic (exact) mass is 407 g/mol. The van der Waals surface area contributed by atoms with E-state index in [9.17, 15) is 4.79 Å². The number of hydrogen-bond donors (Lipinski definition) is 2. The molecule has 0 radical (unpaired) electrons. The molecule has 0 aliphatic heterocycles. The van der Waals surface area contributed by atoms with E-state index >= 15 is 0 Å². The third-order valence-electron chi connectivity index (χ3n) is 2.48. The molecule has 1 aromatic heterocycles. The van der Waals surface area contributed by atoms with Gasteiger partial charge in [0.25, 0.3) is 0 Å². The number of aromatic nitrogens is 1. The zero-order valence-corrected chi connectivity index (χ0v) is 13.1. The zero-order chi connectivity index (χ0) is 14.5. The lowest BCUT2D eigenvalue weighted by molar-refractivity contribution is -0.151. The first-order valence-electron chi connectivity index (χ1n) is 5.64. The van der Waals surface area contributed by atoms with Crippen LogP contribution in [0.2, 0.25) is 5.02 Å². The minimum atomic E-state index is -0.506. The molecule has 0 amide bonds. The summed E-state index contributed by atoms with van der Waals surface area (Å²) >= 11 is 8.27. The molecule has 3 N–H and O–H groups in total. The summed E-state index contributed by atoms with van der Waals surface area (Å²) in [6.07, 6.45) is 1.73. The molecule has 0 aliphatic carbocycles. The predicted molar refractivity (Wildman–Crippen MR) is 83.0 cm³/mol. The van der Waals surface area contributed by atoms with Crippen LogP contribution in [0.1, 0.15) is 6.42 Å². The topological polar surface area (TPSA) is 86.5 Å². The second kappa shape index (κ2) is 7.02. The molecule has 1 aromatic carbocycles. The number of hydrogen-bond acceptors (Lipinski definition) is 6. The molecule has 6 nitrogen and oxygen atoms in total. The second-order valence-electron chi connectivity index (χ2n) is 3.76. The lowest BCUT2D eigenvalue weighted by atomic mass is 10.2. The number of fused-ring (bicyclic) bond motifs is 1. The van der Waals surface area contributed by atoms with E-state index in [-0.39, 0.29) is 13.0 Å². The van der Waals surface area contributed by atoms with Crippen LogP contribution < -0.4 is 16.2 Å². The first-order chi connectivity index (χ1) is 9.63. The Bertz CT molecular complexity index is 639. The Kier molecular flexibility index (Phi) is 5.35. The SMILES string of the molecule is NNOC(=O)CCOc1c(I)cc(Cl)c2cccnc12. The number of halogens is 2. The van der Waals surface area contributed by atoms with E-state index < -0.39 is 5.97 Å². The van der Waals surface area contributed by atoms with Crippen LogP contribution in [0.15, 0.2) is 24.4 Å². The van der Waals surface area contributed by atoms with Crippen molar-refractivity contribution >= 4 is 51.1 Å². The minimum absolute atomic E-state index is 0.0667. The second-order valence-corrected chi connectivity index (χ2v) is 5.33. The van der Waals surface area contributed by atoms with Gasteiger partial charge in [-0.1, -0.05) is 17.2 Å². The molecule has 20 heavy (non-hydrogen) atoms. The Morgan fingerprint density at radius 2 is 2.35 bits per heavy atom. The highest BCUT2D eigenvalue weighted by molar-refractivity contribution is 14.1. The van der Waals surface area contributed by atoms with Gasteiger partial charge in [-0.05, 0) is 40.8 Å². The van der Waals surface area contributed by atoms with E-state index in [4.69, 9.17) is 22.2 Å². The van der Waals surface area contributed by atoms with Gasteiger partial charge in [0.15, 0.2) is 5.75 Å². The van der Waals surface area contributed by atoms with Crippen LogP contribution >= 0.6 is 34.2 Å². The molecule has 8 heteroatoms. The van der Waals surface area contributed by atoms with Crippen molar-refractivity contribution in [2.75, 3.05) is 6.61 Å². The third kappa shape index (κ3) is 3.48. The maximum absolute atomic E-state index is 11.2. The van der Waals surface area contributed by atoms with Crippen LogP contribution in [0.3, 0.4) is 0 Å². The number of carbonyl (C=O) groups is 1. The Morgan fingerprint density at radius 1 is 1.55 bits per heavy atom. The van der Waals surface area contributed by atoms with Gasteiger partial charge >= 0.3 is 5.97 Å². The smallest absolute Gasteiger partial charge is 0.329 e. The van der Waals surface area contributed by atoms with E-state index in [1.807, 2.05) is 11.7 Å². The van der Waals surface area contributed by atoms with Crippen molar-refractivity contribution in [1.82, 2.24) is 10.6 Å². The summed E-state index contributed by atoms with van der Waals surface area (Å²) in [7, 11) is 0. The number of carbonyl (C=O) groups excluding carboxylic acids is 1. The van der Waals surface area contributed by atoms with Gasteiger partial charge in [0, 0.05) is 11.6 Å². The molecule has 106 valence electrons. The van der Waals surface area contributed by atoms with Crippen molar-refractivity contribution < 1.29 is 14.4 Å². The summed E-state index contributed by atoms with van der Waals surface area (Å²) in [5.74, 6) is 4.96. The Labute approximate surface area is 133 Å². The van der Waals surface area contributed by atoms with E-state index in [1.165, 1.54) is 0 Å². The van der Waals surface area contributed by atoms with Gasteiger partial charge in [0.2, 0.25) is 0 Å². The van der Waals surface area contributed by atoms with Crippen molar-refractivity contribution in [3.8, 4) is 5.75 Å². The Morgan fingerprint density at radius 3 is 3.10 bits per heavy atom. The number of pyridine rings is 1. The minimum Gasteiger partial charge on any atom is -0.490 e. The van der Waals surface area contributed by atoms with E-state index in [2.05, 4.69) is 32.4 Å². The van der Waals surface area contributed by atoms with E-state index in [1.54, 1.807) is 18.3 Å². The fraction of sp³-hybridized carbons (Fsp3) is 0.167. The summed E-state index contributed by atoms with van der Waals surface area (Å²) in [6.45, 7) is 0.157. The molecule has 0 unspecified atom stereocenters. The molecular weight excluding hydrogens is 397 g/mol. The van der Waals surface area contributed by atoms with Crippen LogP contribution in [0.5, 0.6) is 5.75 Å². The van der Waals surface area contributed by atoms with E-state index in [0.29, 0.717) is 16.3 Å². The van der Waals surface area contributed by atoms with Gasteiger partial charge in [0.1, 0.15) is 5.52 Å². The van der Waals surface area contributed by atoms with E-state index in [0.717, 1.165) is 8.96 Å². The number of nitrogens with zero attached hydrogens (tertiary/aromatic N) is 1. The van der Waals surface area contributed by atoms with Crippen LogP contribution in [0, 0.1) is 3.57 Å². The van der Waals surface area contributed by atoms with Crippen LogP contribution in [0.4, 0.5) is 0 Å². The van der Waals surface area contributed by atoms with Crippen molar-refractivity contribution in [3.63, 3.8) is 0 Å². The number of hydrazine groups is 1. The molecule has 1 heterocycles. The standard InChI is InChI=1S/C12H11ClIN3O3/c13-8-6-9(14)12(11-7(8)2-1-4-16-11)19-5-3-10(18)20-17-15/h1-2,4,6,17H,3,5,15H2. The summed E-state index contributed by atoms with van der Waals surface area (Å²) in [4.78, 5) is 19.8. The first kappa shape index (κ1) is 15.2. The quantitative estimate of drug-likeness (QED) is 0.449. The maximum atomic E-state index is 11.2. The number of nitrogens with one attached hydrogen (secondary N) is 1. The maximum Gasteiger partial charge on any atom is 0.329 e. The van der Waals surface area contributed by atoms with Gasteiger partial charge < -0.3 is 9.57 Å². The number of rotatable bonds is 5. The van der Waals surface area contributed by atoms with Gasteiger partial charge in [-0.25, -0.2) is 5.84 Å². The van der Waals surface area contributed by atoms with Crippen LogP contribution in [-0.4, -0.2) is 17.6 Å². The average Bonchev–Trinajstić information content (AvgIpc) is 2.43. The fourth-order valence-corrected chi connectivity index (χ4v) is 2.81. The molecule has 0 aliphatic rings. The number of ether oxygens (including phenoxy) is 1. The molecular formula is C12H11ClIN3O3. The first-order valence-corrected chi connectivity index (χ1v) is 7.10. The zero-order valence-electron chi connectivity index (χ0n) is 10.2. The summed E-state index contributed by atoms with van der Waals surface area (Å²) in [5.41, 5.74) is 2.49. The summed E-state index contributed by atoms with van der Waals surface area (Å²) in [6, 6.07) is 5.45. The lowest BCUT2D eigenvalue weighted by Gasteiger charge is -2.11. The fourth-order valence-electron chi connectivity index (χ4n) is 1.64. The summed E-state index contributed by atoms with van der Waals surface area (Å²) in [5, 5.41) is 1.41. The molecule has 2 aromatic rings. The average molecular weight is 408 g/mol. The summed E-state index contributed by atoms with van der Waals surface area (Å²) < 4.78 is 6.45. The molecule has 0 fully saturated rings. The number of benzene rings is 1. The molecule has 0 atom stereocenters. The molecule has 0 saturated carbocycles. The highest BCUT2D eigenvalue weighted by atomic mass is 127. The number of nitrogens with two attached hydrogens (primary N) is 1. The van der Waals surface area contributed by atoms with Crippen molar-refractivity contribution in [1.29, 1.82) is 0 Å². The van der Waals surface area contributed by atoms with Crippen molar-refractivity contribution in [2.45, 2.75) is 6.42 Å². The normalized spacial score (nSPS) is 10.6. The van der Waals surface area contributed by atoms with Gasteiger partial charge in [-0.2, -0.15) is 0 Å². The molecule has 0 spiro atoms. The van der Waals surface area contributed by atoms with Gasteiger partial charge in [0.05, 0.1) is 21.6 Å². The third-order valence-corrected chi connectivity index (χ3v) is 3.59. The molecule has 2 rings (SSSR count). The molecule has 0 saturated heterocycles. The Balaban J connectivity index is 2.19. The lowest BCUT2D eigenvalue weighted by Crippen LogP contribution is -2.27. The highest BCUT2D eigenvalue weighted by Gasteiger charge is 2.13. The van der Waals surface area contributed by atoms with Crippen LogP contribution in [0.25, 0.3) is 10.9 Å².